The van der Waals surface area contributed by atoms with Gasteiger partial charge in [-0.05, 0) is 23.8 Å². The summed E-state index contributed by atoms with van der Waals surface area (Å²) in [5, 5.41) is 3.01. The largest absolute Gasteiger partial charge is 0.455 e. The molecule has 0 saturated carbocycles. The fourth-order valence-electron chi connectivity index (χ4n) is 5.99. The lowest BCUT2D eigenvalue weighted by Crippen LogP contribution is -2.00. The van der Waals surface area contributed by atoms with Crippen LogP contribution in [0.3, 0.4) is 0 Å². The second-order valence-corrected chi connectivity index (χ2v) is 12.1. The molecule has 6 heteroatoms. The number of rotatable bonds is 5. The number of nitrogens with zero attached hydrogens (tertiary/aromatic N) is 4. The maximum atomic E-state index is 6.63. The summed E-state index contributed by atoms with van der Waals surface area (Å²) in [4.78, 5) is 19.8. The van der Waals surface area contributed by atoms with E-state index in [2.05, 4.69) is 54.6 Å². The second kappa shape index (κ2) is 10.9. The highest BCUT2D eigenvalue weighted by atomic mass is 32.1. The van der Waals surface area contributed by atoms with Crippen molar-refractivity contribution in [3.05, 3.63) is 146 Å². The van der Waals surface area contributed by atoms with Gasteiger partial charge in [0, 0.05) is 38.6 Å². The molecule has 9 aromatic rings. The maximum absolute atomic E-state index is 6.63. The minimum atomic E-state index is 0.603. The lowest BCUT2D eigenvalue weighted by molar-refractivity contribution is 0.670. The smallest absolute Gasteiger partial charge is 0.164 e. The third-order valence-electron chi connectivity index (χ3n) is 8.18. The van der Waals surface area contributed by atoms with Gasteiger partial charge in [0.1, 0.15) is 16.2 Å². The van der Waals surface area contributed by atoms with Crippen molar-refractivity contribution in [1.29, 1.82) is 0 Å². The van der Waals surface area contributed by atoms with Crippen LogP contribution in [0.15, 0.2) is 150 Å². The van der Waals surface area contributed by atoms with Gasteiger partial charge in [-0.2, -0.15) is 0 Å². The quantitative estimate of drug-likeness (QED) is 0.194. The van der Waals surface area contributed by atoms with Crippen LogP contribution in [0.5, 0.6) is 0 Å². The van der Waals surface area contributed by atoms with E-state index in [9.17, 15) is 0 Å². The second-order valence-electron chi connectivity index (χ2n) is 11.1. The first-order valence-electron chi connectivity index (χ1n) is 15.1. The van der Waals surface area contributed by atoms with Crippen molar-refractivity contribution >= 4 is 43.5 Å². The van der Waals surface area contributed by atoms with Crippen molar-refractivity contribution in [2.24, 2.45) is 0 Å². The molecule has 0 aliphatic heterocycles. The molecule has 0 atom stereocenters. The molecule has 9 rings (SSSR count). The average Bonchev–Trinajstić information content (AvgIpc) is 3.74. The Morgan fingerprint density at radius 2 is 1.07 bits per heavy atom. The Hall–Kier alpha value is -5.98. The number of aromatic nitrogens is 4. The van der Waals surface area contributed by atoms with Gasteiger partial charge < -0.3 is 4.42 Å². The highest BCUT2D eigenvalue weighted by Gasteiger charge is 2.20. The van der Waals surface area contributed by atoms with Gasteiger partial charge in [0.25, 0.3) is 0 Å². The first-order chi connectivity index (χ1) is 22.8. The van der Waals surface area contributed by atoms with Gasteiger partial charge >= 0.3 is 0 Å². The van der Waals surface area contributed by atoms with E-state index in [4.69, 9.17) is 24.4 Å². The third-order valence-corrected chi connectivity index (χ3v) is 9.25. The molecule has 0 amide bonds. The Bertz CT molecular complexity index is 2470. The van der Waals surface area contributed by atoms with Gasteiger partial charge in [-0.15, -0.1) is 11.3 Å². The van der Waals surface area contributed by atoms with Gasteiger partial charge in [0.2, 0.25) is 0 Å². The predicted octanol–water partition coefficient (Wildman–Crippen LogP) is 10.7. The molecule has 0 fully saturated rings. The summed E-state index contributed by atoms with van der Waals surface area (Å²) in [6.07, 6.45) is 0. The van der Waals surface area contributed by atoms with E-state index in [1.165, 1.54) is 0 Å². The molecule has 0 saturated heterocycles. The maximum Gasteiger partial charge on any atom is 0.164 e. The Kier molecular flexibility index (Phi) is 6.25. The summed E-state index contributed by atoms with van der Waals surface area (Å²) < 4.78 is 7.77. The van der Waals surface area contributed by atoms with E-state index >= 15 is 0 Å². The first-order valence-corrected chi connectivity index (χ1v) is 15.9. The van der Waals surface area contributed by atoms with Crippen LogP contribution in [0, 0.1) is 0 Å². The molecule has 3 aromatic heterocycles. The number of furan rings is 1. The predicted molar refractivity (Wildman–Crippen MR) is 187 cm³/mol. The Morgan fingerprint density at radius 1 is 0.457 bits per heavy atom. The normalized spacial score (nSPS) is 11.5. The summed E-state index contributed by atoms with van der Waals surface area (Å²) in [5.41, 5.74) is 8.61. The molecule has 5 nitrogen and oxygen atoms in total. The molecule has 0 bridgehead atoms. The van der Waals surface area contributed by atoms with Gasteiger partial charge in [-0.3, -0.25) is 0 Å². The highest BCUT2D eigenvalue weighted by molar-refractivity contribution is 7.21. The van der Waals surface area contributed by atoms with Crippen molar-refractivity contribution in [3.63, 3.8) is 0 Å². The summed E-state index contributed by atoms with van der Waals surface area (Å²) in [5.74, 6) is 1.86. The van der Waals surface area contributed by atoms with Crippen molar-refractivity contribution in [1.82, 2.24) is 19.9 Å². The number of fused-ring (bicyclic) bond motifs is 4. The van der Waals surface area contributed by atoms with Crippen molar-refractivity contribution < 1.29 is 4.42 Å². The van der Waals surface area contributed by atoms with Crippen LogP contribution in [0.4, 0.5) is 0 Å². The zero-order valence-corrected chi connectivity index (χ0v) is 25.3. The van der Waals surface area contributed by atoms with Crippen molar-refractivity contribution in [2.75, 3.05) is 0 Å². The van der Waals surface area contributed by atoms with Crippen LogP contribution < -0.4 is 0 Å². The molecule has 0 N–H and O–H groups in total. The molecular formula is C40H24N4OS. The van der Waals surface area contributed by atoms with Crippen molar-refractivity contribution in [2.45, 2.75) is 0 Å². The number of benzene rings is 6. The van der Waals surface area contributed by atoms with Crippen molar-refractivity contribution in [3.8, 4) is 55.9 Å². The fraction of sp³-hybridized carbons (Fsp3) is 0. The van der Waals surface area contributed by atoms with Gasteiger partial charge in [0.15, 0.2) is 17.5 Å². The number of thiazole rings is 1. The molecule has 6 aromatic carbocycles. The van der Waals surface area contributed by atoms with Crippen LogP contribution in [0.2, 0.25) is 0 Å². The molecule has 46 heavy (non-hydrogen) atoms. The molecular weight excluding hydrogens is 585 g/mol. The Morgan fingerprint density at radius 3 is 1.76 bits per heavy atom. The van der Waals surface area contributed by atoms with Gasteiger partial charge in [0.05, 0.1) is 10.2 Å². The van der Waals surface area contributed by atoms with Crippen LogP contribution in [-0.4, -0.2) is 19.9 Å². The summed E-state index contributed by atoms with van der Waals surface area (Å²) in [6, 6.07) is 49.3. The summed E-state index contributed by atoms with van der Waals surface area (Å²) >= 11 is 1.70. The number of hydrogen-bond donors (Lipinski definition) is 0. The zero-order chi connectivity index (χ0) is 30.5. The zero-order valence-electron chi connectivity index (χ0n) is 24.5. The Balaban J connectivity index is 1.22. The monoisotopic (exact) mass is 608 g/mol. The molecule has 0 aliphatic carbocycles. The lowest BCUT2D eigenvalue weighted by atomic mass is 10.00. The van der Waals surface area contributed by atoms with Crippen LogP contribution >= 0.6 is 11.3 Å². The van der Waals surface area contributed by atoms with Gasteiger partial charge in [-0.1, -0.05) is 127 Å². The number of para-hydroxylation sites is 1. The minimum absolute atomic E-state index is 0.603. The average molecular weight is 609 g/mol. The van der Waals surface area contributed by atoms with E-state index < -0.39 is 0 Å². The van der Waals surface area contributed by atoms with Gasteiger partial charge in [-0.25, -0.2) is 19.9 Å². The summed E-state index contributed by atoms with van der Waals surface area (Å²) in [6.45, 7) is 0. The molecule has 3 heterocycles. The van der Waals surface area contributed by atoms with E-state index in [1.807, 2.05) is 91.0 Å². The standard InChI is InChI=1S/C40H24N4OS/c1-4-12-25(13-5-1)37-42-38(26-14-6-2-7-15-26)44-39(43-37)31-20-11-21-33-35(31)30-19-10-18-29(36(30)45-33)28-22-23-32-34(24-28)46-40(41-32)27-16-8-3-9-17-27/h1-24H. The molecule has 216 valence electrons. The molecule has 0 aliphatic rings. The summed E-state index contributed by atoms with van der Waals surface area (Å²) in [7, 11) is 0. The SMILES string of the molecule is c1ccc(-c2nc(-c3ccccc3)nc(-c3cccc4oc5c(-c6ccc7nc(-c8ccccc8)sc7c6)cccc5c34)n2)cc1. The number of hydrogen-bond acceptors (Lipinski definition) is 6. The molecule has 0 unspecified atom stereocenters. The van der Waals surface area contributed by atoms with E-state index in [0.29, 0.717) is 17.5 Å². The third kappa shape index (κ3) is 4.55. The molecule has 0 radical (unpaired) electrons. The first kappa shape index (κ1) is 26.4. The fourth-order valence-corrected chi connectivity index (χ4v) is 7.00. The van der Waals surface area contributed by atoms with E-state index in [1.54, 1.807) is 11.3 Å². The molecule has 0 spiro atoms. The topological polar surface area (TPSA) is 64.7 Å². The highest BCUT2D eigenvalue weighted by Crippen LogP contribution is 2.41. The van der Waals surface area contributed by atoms with Crippen LogP contribution in [-0.2, 0) is 0 Å². The lowest BCUT2D eigenvalue weighted by Gasteiger charge is -2.09. The van der Waals surface area contributed by atoms with Crippen LogP contribution in [0.1, 0.15) is 0 Å². The minimum Gasteiger partial charge on any atom is -0.455 e. The Labute approximate surface area is 268 Å². The van der Waals surface area contributed by atoms with Crippen LogP contribution in [0.25, 0.3) is 88.0 Å². The van der Waals surface area contributed by atoms with E-state index in [-0.39, 0.29) is 0 Å². The van der Waals surface area contributed by atoms with E-state index in [0.717, 1.165) is 70.5 Å².